The van der Waals surface area contributed by atoms with Crippen molar-refractivity contribution in [2.45, 2.75) is 5.92 Å². The third-order valence-electron chi connectivity index (χ3n) is 2.75. The highest BCUT2D eigenvalue weighted by atomic mass is 19.1. The van der Waals surface area contributed by atoms with E-state index in [1.165, 1.54) is 12.1 Å². The summed E-state index contributed by atoms with van der Waals surface area (Å²) in [5, 5.41) is 7.84. The molecule has 1 heterocycles. The Balaban J connectivity index is 2.48. The lowest BCUT2D eigenvalue weighted by Crippen LogP contribution is -2.16. The van der Waals surface area contributed by atoms with Gasteiger partial charge in [0.05, 0.1) is 12.8 Å². The van der Waals surface area contributed by atoms with Crippen LogP contribution in [0.3, 0.4) is 0 Å². The Morgan fingerprint density at radius 2 is 2.22 bits per heavy atom. The molecule has 2 N–H and O–H groups in total. The minimum Gasteiger partial charge on any atom is -0.496 e. The van der Waals surface area contributed by atoms with Gasteiger partial charge in [0.25, 0.3) is 0 Å². The molecule has 0 saturated heterocycles. The highest BCUT2D eigenvalue weighted by molar-refractivity contribution is 5.40. The topological polar surface area (TPSA) is 61.0 Å². The molecule has 94 valence electrons. The van der Waals surface area contributed by atoms with Crippen molar-refractivity contribution >= 4 is 0 Å². The molecule has 0 saturated carbocycles. The molecular weight excluding hydrogens is 233 g/mol. The molecule has 2 rings (SSSR count). The van der Waals surface area contributed by atoms with Crippen LogP contribution in [0.1, 0.15) is 17.2 Å². The first-order chi connectivity index (χ1) is 8.76. The Bertz CT molecular complexity index is 519. The molecule has 0 amide bonds. The van der Waals surface area contributed by atoms with E-state index in [1.807, 2.05) is 6.07 Å². The lowest BCUT2D eigenvalue weighted by atomic mass is 9.94. The monoisotopic (exact) mass is 247 g/mol. The number of nitrogens with two attached hydrogens (primary N) is 1. The van der Waals surface area contributed by atoms with Gasteiger partial charge < -0.3 is 10.5 Å². The molecular formula is C13H14FN3O. The van der Waals surface area contributed by atoms with Crippen molar-refractivity contribution in [3.8, 4) is 5.75 Å². The Labute approximate surface area is 105 Å². The summed E-state index contributed by atoms with van der Waals surface area (Å²) in [5.74, 6) is 0.0370. The van der Waals surface area contributed by atoms with Crippen LogP contribution in [0, 0.1) is 5.82 Å². The number of halogens is 1. The lowest BCUT2D eigenvalue weighted by molar-refractivity contribution is 0.406. The van der Waals surface area contributed by atoms with Crippen LogP contribution in [0.4, 0.5) is 4.39 Å². The number of ether oxygens (including phenoxy) is 1. The SMILES string of the molecule is COc1ccc(F)cc1C(CN)c1cccnn1. The molecule has 18 heavy (non-hydrogen) atoms. The van der Waals surface area contributed by atoms with E-state index in [-0.39, 0.29) is 11.7 Å². The quantitative estimate of drug-likeness (QED) is 0.893. The first-order valence-electron chi connectivity index (χ1n) is 5.57. The predicted molar refractivity (Wildman–Crippen MR) is 65.9 cm³/mol. The number of methoxy groups -OCH3 is 1. The number of benzene rings is 1. The van der Waals surface area contributed by atoms with E-state index >= 15 is 0 Å². The number of nitrogens with zero attached hydrogens (tertiary/aromatic N) is 2. The van der Waals surface area contributed by atoms with Gasteiger partial charge in [0.2, 0.25) is 0 Å². The van der Waals surface area contributed by atoms with Gasteiger partial charge in [0.1, 0.15) is 11.6 Å². The van der Waals surface area contributed by atoms with E-state index in [0.29, 0.717) is 23.6 Å². The van der Waals surface area contributed by atoms with Crippen molar-refractivity contribution in [1.82, 2.24) is 10.2 Å². The summed E-state index contributed by atoms with van der Waals surface area (Å²) in [6.07, 6.45) is 1.58. The van der Waals surface area contributed by atoms with E-state index in [2.05, 4.69) is 10.2 Å². The van der Waals surface area contributed by atoms with Crippen LogP contribution in [0.2, 0.25) is 0 Å². The van der Waals surface area contributed by atoms with E-state index < -0.39 is 0 Å². The van der Waals surface area contributed by atoms with Gasteiger partial charge in [-0.25, -0.2) is 4.39 Å². The molecule has 0 aliphatic rings. The van der Waals surface area contributed by atoms with Gasteiger partial charge in [-0.15, -0.1) is 0 Å². The summed E-state index contributed by atoms with van der Waals surface area (Å²) in [7, 11) is 1.54. The van der Waals surface area contributed by atoms with Crippen molar-refractivity contribution in [3.05, 3.63) is 53.6 Å². The Morgan fingerprint density at radius 1 is 1.39 bits per heavy atom. The minimum atomic E-state index is -0.326. The average molecular weight is 247 g/mol. The number of rotatable bonds is 4. The molecule has 1 atom stereocenters. The molecule has 0 aliphatic heterocycles. The maximum absolute atomic E-state index is 13.4. The van der Waals surface area contributed by atoms with Gasteiger partial charge in [0.15, 0.2) is 0 Å². The second-order valence-electron chi connectivity index (χ2n) is 3.82. The molecule has 1 unspecified atom stereocenters. The van der Waals surface area contributed by atoms with Crippen LogP contribution in [-0.2, 0) is 0 Å². The molecule has 0 spiro atoms. The van der Waals surface area contributed by atoms with Crippen molar-refractivity contribution in [2.75, 3.05) is 13.7 Å². The fourth-order valence-electron chi connectivity index (χ4n) is 1.88. The summed E-state index contributed by atoms with van der Waals surface area (Å²) in [6, 6.07) is 7.95. The summed E-state index contributed by atoms with van der Waals surface area (Å²) in [4.78, 5) is 0. The molecule has 0 aliphatic carbocycles. The van der Waals surface area contributed by atoms with Crippen LogP contribution in [0.15, 0.2) is 36.5 Å². The number of hydrogen-bond donors (Lipinski definition) is 1. The molecule has 0 bridgehead atoms. The van der Waals surface area contributed by atoms with Gasteiger partial charge in [0, 0.05) is 24.2 Å². The highest BCUT2D eigenvalue weighted by Crippen LogP contribution is 2.30. The Hall–Kier alpha value is -2.01. The fourth-order valence-corrected chi connectivity index (χ4v) is 1.88. The summed E-state index contributed by atoms with van der Waals surface area (Å²) in [6.45, 7) is 0.304. The van der Waals surface area contributed by atoms with Crippen LogP contribution in [-0.4, -0.2) is 23.9 Å². The van der Waals surface area contributed by atoms with Crippen molar-refractivity contribution in [2.24, 2.45) is 5.73 Å². The zero-order valence-electron chi connectivity index (χ0n) is 10.0. The van der Waals surface area contributed by atoms with Crippen LogP contribution in [0.25, 0.3) is 0 Å². The lowest BCUT2D eigenvalue weighted by Gasteiger charge is -2.17. The van der Waals surface area contributed by atoms with E-state index in [0.717, 1.165) is 0 Å². The standard InChI is InChI=1S/C13H14FN3O/c1-18-13-5-4-9(14)7-10(13)11(8-15)12-3-2-6-16-17-12/h2-7,11H,8,15H2,1H3. The van der Waals surface area contributed by atoms with Crippen molar-refractivity contribution < 1.29 is 9.13 Å². The first-order valence-corrected chi connectivity index (χ1v) is 5.57. The van der Waals surface area contributed by atoms with Gasteiger partial charge in [-0.3, -0.25) is 0 Å². The number of hydrogen-bond acceptors (Lipinski definition) is 4. The fraction of sp³-hybridized carbons (Fsp3) is 0.231. The smallest absolute Gasteiger partial charge is 0.123 e. The van der Waals surface area contributed by atoms with Gasteiger partial charge in [-0.1, -0.05) is 0 Å². The molecule has 1 aromatic heterocycles. The largest absolute Gasteiger partial charge is 0.496 e. The molecule has 0 fully saturated rings. The predicted octanol–water partition coefficient (Wildman–Crippen LogP) is 1.71. The van der Waals surface area contributed by atoms with E-state index in [4.69, 9.17) is 10.5 Å². The Morgan fingerprint density at radius 3 is 2.83 bits per heavy atom. The maximum Gasteiger partial charge on any atom is 0.123 e. The Kier molecular flexibility index (Phi) is 3.84. The molecule has 5 heteroatoms. The normalized spacial score (nSPS) is 12.2. The van der Waals surface area contributed by atoms with Crippen LogP contribution >= 0.6 is 0 Å². The second kappa shape index (κ2) is 5.55. The molecule has 0 radical (unpaired) electrons. The average Bonchev–Trinajstić information content (AvgIpc) is 2.41. The third-order valence-corrected chi connectivity index (χ3v) is 2.75. The van der Waals surface area contributed by atoms with Crippen molar-refractivity contribution in [3.63, 3.8) is 0 Å². The first kappa shape index (κ1) is 12.4. The van der Waals surface area contributed by atoms with Crippen molar-refractivity contribution in [1.29, 1.82) is 0 Å². The minimum absolute atomic E-state index is 0.232. The second-order valence-corrected chi connectivity index (χ2v) is 3.82. The zero-order chi connectivity index (χ0) is 13.0. The van der Waals surface area contributed by atoms with Gasteiger partial charge in [-0.05, 0) is 30.3 Å². The molecule has 2 aromatic rings. The van der Waals surface area contributed by atoms with Gasteiger partial charge in [-0.2, -0.15) is 10.2 Å². The van der Waals surface area contributed by atoms with Crippen LogP contribution in [0.5, 0.6) is 5.75 Å². The zero-order valence-corrected chi connectivity index (χ0v) is 10.0. The molecule has 4 nitrogen and oxygen atoms in total. The van der Waals surface area contributed by atoms with E-state index in [1.54, 1.807) is 25.4 Å². The summed E-state index contributed by atoms with van der Waals surface area (Å²) < 4.78 is 18.6. The summed E-state index contributed by atoms with van der Waals surface area (Å²) in [5.41, 5.74) is 7.14. The highest BCUT2D eigenvalue weighted by Gasteiger charge is 2.19. The number of aromatic nitrogens is 2. The van der Waals surface area contributed by atoms with Gasteiger partial charge >= 0.3 is 0 Å². The third kappa shape index (κ3) is 2.46. The maximum atomic E-state index is 13.4. The van der Waals surface area contributed by atoms with E-state index in [9.17, 15) is 4.39 Å². The molecule has 1 aromatic carbocycles. The van der Waals surface area contributed by atoms with Crippen LogP contribution < -0.4 is 10.5 Å². The summed E-state index contributed by atoms with van der Waals surface area (Å²) >= 11 is 0.